The summed E-state index contributed by atoms with van der Waals surface area (Å²) in [6, 6.07) is -0.803. The number of allylic oxidation sites excluding steroid dienone is 5. The van der Waals surface area contributed by atoms with Crippen LogP contribution in [-0.2, 0) is 14.3 Å². The van der Waals surface area contributed by atoms with Crippen LogP contribution in [0.4, 0.5) is 0 Å². The summed E-state index contributed by atoms with van der Waals surface area (Å²) in [6.45, 7) is 3.80. The zero-order valence-corrected chi connectivity index (χ0v) is 46.5. The molecule has 0 aliphatic carbocycles. The molecule has 6 N–H and O–H groups in total. The molecule has 0 saturated carbocycles. The van der Waals surface area contributed by atoms with E-state index in [1.54, 1.807) is 6.08 Å². The van der Waals surface area contributed by atoms with Crippen LogP contribution in [0.5, 0.6) is 0 Å². The Balaban J connectivity index is 2.12. The van der Waals surface area contributed by atoms with Gasteiger partial charge in [0.1, 0.15) is 24.4 Å². The first kappa shape index (κ1) is 67.4. The van der Waals surface area contributed by atoms with E-state index in [9.17, 15) is 30.3 Å². The van der Waals surface area contributed by atoms with Crippen molar-refractivity contribution < 1.29 is 39.8 Å². The molecule has 1 saturated heterocycles. The van der Waals surface area contributed by atoms with E-state index in [2.05, 4.69) is 43.5 Å². The second kappa shape index (κ2) is 51.9. The fraction of sp³-hybridized carbons (Fsp3) is 0.887. The Bertz CT molecular complexity index is 1210. The Morgan fingerprint density at radius 1 is 0.479 bits per heavy atom. The quantitative estimate of drug-likeness (QED) is 0.0261. The van der Waals surface area contributed by atoms with E-state index in [0.717, 1.165) is 44.9 Å². The van der Waals surface area contributed by atoms with Gasteiger partial charge in [0.05, 0.1) is 25.4 Å². The number of aliphatic hydroxyl groups excluding tert-OH is 5. The molecule has 0 aromatic heterocycles. The predicted octanol–water partition coefficient (Wildman–Crippen LogP) is 15.5. The number of hydrogen-bond donors (Lipinski definition) is 6. The third kappa shape index (κ3) is 41.4. The lowest BCUT2D eigenvalue weighted by atomic mass is 9.99. The number of carbonyl (C=O) groups excluding carboxylic acids is 1. The van der Waals surface area contributed by atoms with Gasteiger partial charge in [-0.25, -0.2) is 0 Å². The van der Waals surface area contributed by atoms with E-state index in [1.165, 1.54) is 231 Å². The third-order valence-corrected chi connectivity index (χ3v) is 14.7. The van der Waals surface area contributed by atoms with E-state index >= 15 is 0 Å². The highest BCUT2D eigenvalue weighted by atomic mass is 16.7. The first-order valence-corrected chi connectivity index (χ1v) is 30.7. The van der Waals surface area contributed by atoms with Gasteiger partial charge in [-0.05, 0) is 51.4 Å². The molecule has 71 heavy (non-hydrogen) atoms. The van der Waals surface area contributed by atoms with E-state index in [0.29, 0.717) is 6.42 Å². The average molecular weight is 1000 g/mol. The fourth-order valence-corrected chi connectivity index (χ4v) is 9.84. The molecule has 0 aromatic carbocycles. The number of rotatable bonds is 53. The van der Waals surface area contributed by atoms with Gasteiger partial charge in [-0.1, -0.05) is 275 Å². The number of nitrogens with one attached hydrogen (secondary N) is 1. The second-order valence-corrected chi connectivity index (χ2v) is 21.5. The van der Waals surface area contributed by atoms with Gasteiger partial charge in [0, 0.05) is 6.42 Å². The molecule has 1 aliphatic rings. The largest absolute Gasteiger partial charge is 0.394 e. The molecule has 0 aromatic rings. The maximum Gasteiger partial charge on any atom is 0.220 e. The topological polar surface area (TPSA) is 149 Å². The van der Waals surface area contributed by atoms with Crippen molar-refractivity contribution in [3.8, 4) is 0 Å². The highest BCUT2D eigenvalue weighted by Crippen LogP contribution is 2.23. The molecule has 7 unspecified atom stereocenters. The van der Waals surface area contributed by atoms with Gasteiger partial charge in [0.15, 0.2) is 6.29 Å². The van der Waals surface area contributed by atoms with Crippen molar-refractivity contribution >= 4 is 5.91 Å². The number of carbonyl (C=O) groups is 1. The summed E-state index contributed by atoms with van der Waals surface area (Å²) < 4.78 is 11.3. The Morgan fingerprint density at radius 3 is 1.21 bits per heavy atom. The lowest BCUT2D eigenvalue weighted by molar-refractivity contribution is -0.302. The molecule has 0 radical (unpaired) electrons. The van der Waals surface area contributed by atoms with Crippen molar-refractivity contribution in [2.45, 2.75) is 339 Å². The van der Waals surface area contributed by atoms with Crippen molar-refractivity contribution in [2.24, 2.45) is 0 Å². The van der Waals surface area contributed by atoms with Crippen LogP contribution in [0.25, 0.3) is 0 Å². The maximum absolute atomic E-state index is 13.1. The number of unbranched alkanes of at least 4 members (excludes halogenated alkanes) is 39. The second-order valence-electron chi connectivity index (χ2n) is 21.5. The van der Waals surface area contributed by atoms with Crippen LogP contribution in [0.1, 0.15) is 296 Å². The molecule has 418 valence electrons. The van der Waals surface area contributed by atoms with E-state index in [4.69, 9.17) is 9.47 Å². The number of ether oxygens (including phenoxy) is 2. The van der Waals surface area contributed by atoms with Crippen LogP contribution in [0.3, 0.4) is 0 Å². The Kier molecular flexibility index (Phi) is 49.3. The Labute approximate surface area is 438 Å². The molecular formula is C62H117NO8. The third-order valence-electron chi connectivity index (χ3n) is 14.7. The Hall–Kier alpha value is -1.59. The monoisotopic (exact) mass is 1000 g/mol. The zero-order valence-electron chi connectivity index (χ0n) is 46.5. The van der Waals surface area contributed by atoms with Crippen LogP contribution in [0.15, 0.2) is 36.5 Å². The minimum Gasteiger partial charge on any atom is -0.394 e. The van der Waals surface area contributed by atoms with Crippen LogP contribution < -0.4 is 5.32 Å². The molecule has 1 heterocycles. The molecule has 1 fully saturated rings. The standard InChI is InChI=1S/C62H117NO8/c1-3-5-7-9-11-13-15-17-19-20-21-22-23-24-25-26-27-28-29-30-31-32-33-34-35-36-38-40-42-44-46-48-50-52-58(66)63-55(54-70-62-61(69)60(68)59(67)57(53-64)71-62)56(65)51-49-47-45-43-41-39-37-18-16-14-12-10-8-6-4-2/h21-22,24-25,49,51,55-57,59-62,64-65,67-69H,3-20,23,26-48,50,52-54H2,1-2H3,(H,63,66)/b22-21-,25-24-,51-49+. The summed E-state index contributed by atoms with van der Waals surface area (Å²) >= 11 is 0. The summed E-state index contributed by atoms with van der Waals surface area (Å²) in [7, 11) is 0. The van der Waals surface area contributed by atoms with Crippen molar-refractivity contribution in [2.75, 3.05) is 13.2 Å². The first-order chi connectivity index (χ1) is 34.8. The van der Waals surface area contributed by atoms with Gasteiger partial charge in [-0.3, -0.25) is 4.79 Å². The zero-order chi connectivity index (χ0) is 51.5. The van der Waals surface area contributed by atoms with Crippen molar-refractivity contribution in [3.63, 3.8) is 0 Å². The highest BCUT2D eigenvalue weighted by molar-refractivity contribution is 5.76. The van der Waals surface area contributed by atoms with Crippen molar-refractivity contribution in [3.05, 3.63) is 36.5 Å². The summed E-state index contributed by atoms with van der Waals surface area (Å²) in [5.41, 5.74) is 0. The minimum atomic E-state index is -1.57. The van der Waals surface area contributed by atoms with Gasteiger partial charge in [0.25, 0.3) is 0 Å². The minimum absolute atomic E-state index is 0.173. The molecule has 0 bridgehead atoms. The normalized spacial score (nSPS) is 19.5. The molecule has 9 heteroatoms. The number of aliphatic hydroxyl groups is 5. The lowest BCUT2D eigenvalue weighted by Gasteiger charge is -2.40. The van der Waals surface area contributed by atoms with Crippen LogP contribution in [0.2, 0.25) is 0 Å². The van der Waals surface area contributed by atoms with E-state index in [-0.39, 0.29) is 12.5 Å². The number of amides is 1. The summed E-state index contributed by atoms with van der Waals surface area (Å²) in [5.74, 6) is -0.173. The van der Waals surface area contributed by atoms with E-state index in [1.807, 2.05) is 6.08 Å². The highest BCUT2D eigenvalue weighted by Gasteiger charge is 2.44. The van der Waals surface area contributed by atoms with Gasteiger partial charge >= 0.3 is 0 Å². The van der Waals surface area contributed by atoms with E-state index < -0.39 is 49.5 Å². The predicted molar refractivity (Wildman–Crippen MR) is 300 cm³/mol. The molecule has 7 atom stereocenters. The first-order valence-electron chi connectivity index (χ1n) is 30.7. The van der Waals surface area contributed by atoms with Crippen molar-refractivity contribution in [1.82, 2.24) is 5.32 Å². The van der Waals surface area contributed by atoms with Gasteiger partial charge < -0.3 is 40.3 Å². The average Bonchev–Trinajstić information content (AvgIpc) is 3.37. The fourth-order valence-electron chi connectivity index (χ4n) is 9.84. The van der Waals surface area contributed by atoms with Crippen molar-refractivity contribution in [1.29, 1.82) is 0 Å². The van der Waals surface area contributed by atoms with Gasteiger partial charge in [0.2, 0.25) is 5.91 Å². The van der Waals surface area contributed by atoms with Gasteiger partial charge in [-0.15, -0.1) is 0 Å². The van der Waals surface area contributed by atoms with Gasteiger partial charge in [-0.2, -0.15) is 0 Å². The van der Waals surface area contributed by atoms with Crippen LogP contribution in [0, 0.1) is 0 Å². The summed E-state index contributed by atoms with van der Waals surface area (Å²) in [6.07, 6.45) is 60.9. The summed E-state index contributed by atoms with van der Waals surface area (Å²) in [4.78, 5) is 13.1. The molecule has 1 aliphatic heterocycles. The SMILES string of the molecule is CCCCCCCCCCC/C=C\C/C=C\CCCCCCCCCCCCCCCCCCCC(=O)NC(COC1OC(CO)C(O)C(O)C1O)C(O)/C=C/CCCCCCCCCCCCCCC. The lowest BCUT2D eigenvalue weighted by Crippen LogP contribution is -2.60. The molecular weight excluding hydrogens is 887 g/mol. The van der Waals surface area contributed by atoms with Crippen LogP contribution in [-0.4, -0.2) is 87.5 Å². The maximum atomic E-state index is 13.1. The smallest absolute Gasteiger partial charge is 0.220 e. The summed E-state index contributed by atoms with van der Waals surface area (Å²) in [5, 5.41) is 54.5. The number of hydrogen-bond acceptors (Lipinski definition) is 8. The molecule has 1 amide bonds. The molecule has 1 rings (SSSR count). The molecule has 0 spiro atoms. The Morgan fingerprint density at radius 2 is 0.831 bits per heavy atom. The van der Waals surface area contributed by atoms with Crippen LogP contribution >= 0.6 is 0 Å². The molecule has 9 nitrogen and oxygen atoms in total.